The number of alkyl halides is 1. The maximum atomic E-state index is 13.2. The smallest absolute Gasteiger partial charge is 0.273 e. The summed E-state index contributed by atoms with van der Waals surface area (Å²) in [5.74, 6) is 0. The van der Waals surface area contributed by atoms with E-state index in [2.05, 4.69) is 0 Å². The number of nitrogen functional groups attached to an aromatic ring is 1. The highest BCUT2D eigenvalue weighted by Crippen LogP contribution is 2.10. The second-order valence-electron chi connectivity index (χ2n) is 3.62. The number of nitrogens with zero attached hydrogens (tertiary/aromatic N) is 1. The third-order valence-corrected chi connectivity index (χ3v) is 1.60. The van der Waals surface area contributed by atoms with Crippen molar-refractivity contribution in [3.63, 3.8) is 0 Å². The summed E-state index contributed by atoms with van der Waals surface area (Å²) in [6.07, 6.45) is 1.53. The van der Waals surface area contributed by atoms with Gasteiger partial charge in [0.25, 0.3) is 5.56 Å². The zero-order valence-electron chi connectivity index (χ0n) is 7.75. The molecule has 72 valence electrons. The largest absolute Gasteiger partial charge is 0.394 e. The fraction of sp³-hybridized carbons (Fsp3) is 0.444. The van der Waals surface area contributed by atoms with Crippen molar-refractivity contribution in [1.82, 2.24) is 4.57 Å². The highest BCUT2D eigenvalue weighted by Gasteiger charge is 2.16. The molecule has 0 fully saturated rings. The Balaban J connectivity index is 3.03. The number of nitrogens with two attached hydrogens (primary N) is 1. The van der Waals surface area contributed by atoms with E-state index in [1.54, 1.807) is 6.07 Å². The molecule has 0 saturated carbocycles. The van der Waals surface area contributed by atoms with Gasteiger partial charge in [-0.05, 0) is 26.0 Å². The van der Waals surface area contributed by atoms with Crippen molar-refractivity contribution in [3.05, 3.63) is 28.7 Å². The summed E-state index contributed by atoms with van der Waals surface area (Å²) in [4.78, 5) is 11.3. The van der Waals surface area contributed by atoms with Gasteiger partial charge in [-0.25, -0.2) is 4.39 Å². The molecule has 0 aliphatic carbocycles. The maximum absolute atomic E-state index is 13.2. The Morgan fingerprint density at radius 3 is 2.77 bits per heavy atom. The molecule has 0 saturated heterocycles. The van der Waals surface area contributed by atoms with E-state index in [0.717, 1.165) is 0 Å². The van der Waals surface area contributed by atoms with Crippen molar-refractivity contribution in [2.45, 2.75) is 26.1 Å². The predicted octanol–water partition coefficient (Wildman–Crippen LogP) is 1.18. The first-order valence-electron chi connectivity index (χ1n) is 4.04. The van der Waals surface area contributed by atoms with E-state index in [1.807, 2.05) is 0 Å². The van der Waals surface area contributed by atoms with Crippen LogP contribution in [0.2, 0.25) is 0 Å². The minimum atomic E-state index is -1.41. The van der Waals surface area contributed by atoms with E-state index >= 15 is 0 Å². The van der Waals surface area contributed by atoms with Crippen molar-refractivity contribution < 1.29 is 4.39 Å². The molecule has 2 N–H and O–H groups in total. The van der Waals surface area contributed by atoms with Crippen LogP contribution in [0, 0.1) is 0 Å². The van der Waals surface area contributed by atoms with Gasteiger partial charge in [-0.3, -0.25) is 4.79 Å². The Morgan fingerprint density at radius 1 is 1.62 bits per heavy atom. The quantitative estimate of drug-likeness (QED) is 0.750. The number of aromatic nitrogens is 1. The van der Waals surface area contributed by atoms with Crippen LogP contribution in [0.4, 0.5) is 10.1 Å². The van der Waals surface area contributed by atoms with Crippen molar-refractivity contribution in [1.29, 1.82) is 0 Å². The van der Waals surface area contributed by atoms with E-state index in [1.165, 1.54) is 30.7 Å². The fourth-order valence-electron chi connectivity index (χ4n) is 1.08. The zero-order valence-corrected chi connectivity index (χ0v) is 7.75. The third kappa shape index (κ3) is 2.57. The second kappa shape index (κ2) is 3.20. The molecule has 0 spiro atoms. The lowest BCUT2D eigenvalue weighted by Gasteiger charge is -2.15. The molecule has 4 heteroatoms. The molecular formula is C9H13FN2O. The molecule has 0 amide bonds. The molecule has 1 heterocycles. The molecule has 0 aliphatic heterocycles. The monoisotopic (exact) mass is 184 g/mol. The Kier molecular flexibility index (Phi) is 2.40. The predicted molar refractivity (Wildman–Crippen MR) is 50.3 cm³/mol. The summed E-state index contributed by atoms with van der Waals surface area (Å²) in [5, 5.41) is 0. The van der Waals surface area contributed by atoms with Crippen molar-refractivity contribution in [2.24, 2.45) is 0 Å². The van der Waals surface area contributed by atoms with Gasteiger partial charge < -0.3 is 10.3 Å². The van der Waals surface area contributed by atoms with Crippen molar-refractivity contribution in [3.8, 4) is 0 Å². The number of halogens is 1. The highest BCUT2D eigenvalue weighted by atomic mass is 19.1. The van der Waals surface area contributed by atoms with Crippen LogP contribution < -0.4 is 11.3 Å². The van der Waals surface area contributed by atoms with Crippen LogP contribution in [0.1, 0.15) is 13.8 Å². The van der Waals surface area contributed by atoms with Gasteiger partial charge in [-0.15, -0.1) is 0 Å². The number of rotatable bonds is 2. The molecule has 0 aliphatic rings. The SMILES string of the molecule is CC(C)(F)Cn1cccc(N)c1=O. The molecule has 0 atom stereocenters. The molecule has 0 radical (unpaired) electrons. The maximum Gasteiger partial charge on any atom is 0.273 e. The summed E-state index contributed by atoms with van der Waals surface area (Å²) in [6, 6.07) is 3.13. The molecular weight excluding hydrogens is 171 g/mol. The highest BCUT2D eigenvalue weighted by molar-refractivity contribution is 5.33. The van der Waals surface area contributed by atoms with E-state index in [-0.39, 0.29) is 17.8 Å². The van der Waals surface area contributed by atoms with Crippen LogP contribution in [0.15, 0.2) is 23.1 Å². The van der Waals surface area contributed by atoms with Crippen LogP contribution in [0.3, 0.4) is 0 Å². The fourth-order valence-corrected chi connectivity index (χ4v) is 1.08. The van der Waals surface area contributed by atoms with Gasteiger partial charge in [-0.2, -0.15) is 0 Å². The van der Waals surface area contributed by atoms with E-state index in [4.69, 9.17) is 5.73 Å². The minimum absolute atomic E-state index is 0.0247. The Hall–Kier alpha value is -1.32. The van der Waals surface area contributed by atoms with E-state index < -0.39 is 5.67 Å². The summed E-state index contributed by atoms with van der Waals surface area (Å²) in [5.41, 5.74) is 3.78. The van der Waals surface area contributed by atoms with E-state index in [0.29, 0.717) is 0 Å². The molecule has 0 bridgehead atoms. The lowest BCUT2D eigenvalue weighted by atomic mass is 10.2. The number of hydrogen-bond donors (Lipinski definition) is 1. The normalized spacial score (nSPS) is 11.6. The van der Waals surface area contributed by atoms with Crippen LogP contribution in [0.5, 0.6) is 0 Å². The first-order chi connectivity index (χ1) is 5.90. The Morgan fingerprint density at radius 2 is 2.23 bits per heavy atom. The van der Waals surface area contributed by atoms with Gasteiger partial charge in [0.1, 0.15) is 5.67 Å². The summed E-state index contributed by atoms with van der Waals surface area (Å²) >= 11 is 0. The standard InChI is InChI=1S/C9H13FN2O/c1-9(2,10)6-12-5-3-4-7(11)8(12)13/h3-5H,6,11H2,1-2H3. The molecule has 0 unspecified atom stereocenters. The molecule has 1 aromatic heterocycles. The lowest BCUT2D eigenvalue weighted by molar-refractivity contribution is 0.184. The summed E-state index contributed by atoms with van der Waals surface area (Å²) in [6.45, 7) is 2.86. The topological polar surface area (TPSA) is 48.0 Å². The van der Waals surface area contributed by atoms with Crippen LogP contribution >= 0.6 is 0 Å². The van der Waals surface area contributed by atoms with Crippen LogP contribution in [-0.4, -0.2) is 10.2 Å². The van der Waals surface area contributed by atoms with Gasteiger partial charge in [0.05, 0.1) is 12.2 Å². The second-order valence-corrected chi connectivity index (χ2v) is 3.62. The third-order valence-electron chi connectivity index (χ3n) is 1.60. The molecule has 0 aromatic carbocycles. The molecule has 13 heavy (non-hydrogen) atoms. The molecule has 3 nitrogen and oxygen atoms in total. The lowest BCUT2D eigenvalue weighted by Crippen LogP contribution is -2.30. The van der Waals surface area contributed by atoms with Gasteiger partial charge in [0, 0.05) is 6.20 Å². The summed E-state index contributed by atoms with van der Waals surface area (Å²) in [7, 11) is 0. The number of anilines is 1. The zero-order chi connectivity index (χ0) is 10.1. The number of hydrogen-bond acceptors (Lipinski definition) is 2. The van der Waals surface area contributed by atoms with Gasteiger partial charge in [-0.1, -0.05) is 0 Å². The van der Waals surface area contributed by atoms with Gasteiger partial charge >= 0.3 is 0 Å². The molecule has 1 aromatic rings. The van der Waals surface area contributed by atoms with Gasteiger partial charge in [0.15, 0.2) is 0 Å². The number of pyridine rings is 1. The van der Waals surface area contributed by atoms with Crippen LogP contribution in [-0.2, 0) is 6.54 Å². The van der Waals surface area contributed by atoms with Crippen molar-refractivity contribution >= 4 is 5.69 Å². The van der Waals surface area contributed by atoms with Crippen molar-refractivity contribution in [2.75, 3.05) is 5.73 Å². The average Bonchev–Trinajstić information content (AvgIpc) is 1.96. The first kappa shape index (κ1) is 9.77. The average molecular weight is 184 g/mol. The Labute approximate surface area is 76.0 Å². The van der Waals surface area contributed by atoms with Crippen LogP contribution in [0.25, 0.3) is 0 Å². The molecule has 1 rings (SSSR count). The first-order valence-corrected chi connectivity index (χ1v) is 4.04. The van der Waals surface area contributed by atoms with E-state index in [9.17, 15) is 9.18 Å². The minimum Gasteiger partial charge on any atom is -0.394 e. The Bertz CT molecular complexity index is 351. The van der Waals surface area contributed by atoms with Gasteiger partial charge in [0.2, 0.25) is 0 Å². The summed E-state index contributed by atoms with van der Waals surface area (Å²) < 4.78 is 14.5.